The summed E-state index contributed by atoms with van der Waals surface area (Å²) in [6.07, 6.45) is 2.73. The second kappa shape index (κ2) is 4.51. The third kappa shape index (κ3) is 4.18. The number of nitrogens with one attached hydrogen (secondary N) is 1. The number of hydrogen-bond acceptors (Lipinski definition) is 4. The Bertz CT molecular complexity index is 252. The van der Waals surface area contributed by atoms with Crippen LogP contribution in [0.25, 0.3) is 0 Å². The van der Waals surface area contributed by atoms with E-state index in [1.807, 2.05) is 20.8 Å². The van der Waals surface area contributed by atoms with Crippen molar-refractivity contribution >= 4 is 12.3 Å². The molecule has 1 fully saturated rings. The van der Waals surface area contributed by atoms with Gasteiger partial charge >= 0.3 is 6.09 Å². The molecule has 0 atom stereocenters. The average Bonchev–Trinajstić information content (AvgIpc) is 1.97. The summed E-state index contributed by atoms with van der Waals surface area (Å²) >= 11 is 0. The van der Waals surface area contributed by atoms with E-state index in [0.717, 1.165) is 12.8 Å². The van der Waals surface area contributed by atoms with Gasteiger partial charge in [0.2, 0.25) is 0 Å². The molecule has 1 amide bonds. The molecule has 2 N–H and O–H groups in total. The quantitative estimate of drug-likeness (QED) is 0.418. The number of carbonyl (C=O) groups excluding carboxylic acids is 1. The molecule has 0 aliphatic heterocycles. The summed E-state index contributed by atoms with van der Waals surface area (Å²) in [4.78, 5) is 11.3. The predicted molar refractivity (Wildman–Crippen MR) is 56.2 cm³/mol. The van der Waals surface area contributed by atoms with Gasteiger partial charge in [-0.3, -0.25) is 0 Å². The highest BCUT2D eigenvalue weighted by Crippen LogP contribution is 2.25. The smallest absolute Gasteiger partial charge is 0.407 e. The molecular weight excluding hydrogens is 196 g/mol. The molecule has 5 heteroatoms. The molecule has 0 unspecified atom stereocenters. The first-order chi connectivity index (χ1) is 6.90. The Kier molecular flexibility index (Phi) is 3.55. The maximum Gasteiger partial charge on any atom is 0.407 e. The van der Waals surface area contributed by atoms with Crippen LogP contribution in [0.4, 0.5) is 4.79 Å². The summed E-state index contributed by atoms with van der Waals surface area (Å²) in [7, 11) is 0. The number of carbonyl (C=O) groups is 1. The van der Waals surface area contributed by atoms with Gasteiger partial charge in [0.25, 0.3) is 0 Å². The molecule has 0 aromatic rings. The molecule has 15 heavy (non-hydrogen) atoms. The Labute approximate surface area is 89.5 Å². The zero-order valence-electron chi connectivity index (χ0n) is 9.36. The van der Waals surface area contributed by atoms with Gasteiger partial charge in [-0.15, -0.1) is 5.16 Å². The van der Waals surface area contributed by atoms with Crippen molar-refractivity contribution in [3.05, 3.63) is 0 Å². The van der Waals surface area contributed by atoms with Crippen LogP contribution >= 0.6 is 0 Å². The topological polar surface area (TPSA) is 70.9 Å². The molecule has 0 aromatic heterocycles. The van der Waals surface area contributed by atoms with Crippen molar-refractivity contribution < 1.29 is 14.7 Å². The highest BCUT2D eigenvalue weighted by molar-refractivity contribution is 5.69. The second-order valence-corrected chi connectivity index (χ2v) is 4.84. The molecular formula is C10H18N2O3. The Hall–Kier alpha value is -1.26. The van der Waals surface area contributed by atoms with Crippen LogP contribution in [0.5, 0.6) is 0 Å². The van der Waals surface area contributed by atoms with Gasteiger partial charge in [0.05, 0.1) is 0 Å². The van der Waals surface area contributed by atoms with Crippen LogP contribution < -0.4 is 5.32 Å². The number of ether oxygens (including phenoxy) is 1. The lowest BCUT2D eigenvalue weighted by molar-refractivity contribution is 0.0469. The van der Waals surface area contributed by atoms with E-state index in [1.54, 1.807) is 0 Å². The standard InChI is InChI=1S/C10H18N2O3/c1-10(2,3)15-9(13)12-8-4-7(5-8)6-11-14/h6-8,14H,4-5H2,1-3H3,(H,12,13)/b11-6+. The van der Waals surface area contributed by atoms with E-state index in [1.165, 1.54) is 6.21 Å². The molecule has 1 rings (SSSR count). The van der Waals surface area contributed by atoms with Crippen LogP contribution in [0.3, 0.4) is 0 Å². The van der Waals surface area contributed by atoms with Crippen LogP contribution in [0.2, 0.25) is 0 Å². The number of hydrogen-bond donors (Lipinski definition) is 2. The molecule has 1 aliphatic carbocycles. The first-order valence-electron chi connectivity index (χ1n) is 5.08. The Morgan fingerprint density at radius 3 is 2.60 bits per heavy atom. The average molecular weight is 214 g/mol. The number of amides is 1. The SMILES string of the molecule is CC(C)(C)OC(=O)NC1CC(/C=N/O)C1. The van der Waals surface area contributed by atoms with Crippen LogP contribution in [-0.2, 0) is 4.74 Å². The third-order valence-corrected chi connectivity index (χ3v) is 2.17. The Balaban J connectivity index is 2.19. The minimum atomic E-state index is -0.459. The number of alkyl carbamates (subject to hydrolysis) is 1. The van der Waals surface area contributed by atoms with Crippen molar-refractivity contribution in [2.24, 2.45) is 11.1 Å². The normalized spacial score (nSPS) is 26.1. The lowest BCUT2D eigenvalue weighted by Crippen LogP contribution is -2.46. The van der Waals surface area contributed by atoms with E-state index >= 15 is 0 Å². The largest absolute Gasteiger partial charge is 0.444 e. The van der Waals surface area contributed by atoms with Crippen LogP contribution in [-0.4, -0.2) is 29.2 Å². The Morgan fingerprint density at radius 2 is 2.13 bits per heavy atom. The van der Waals surface area contributed by atoms with Gasteiger partial charge in [-0.2, -0.15) is 0 Å². The summed E-state index contributed by atoms with van der Waals surface area (Å²) < 4.78 is 5.11. The van der Waals surface area contributed by atoms with Crippen LogP contribution in [0.1, 0.15) is 33.6 Å². The van der Waals surface area contributed by atoms with Gasteiger partial charge in [0, 0.05) is 18.2 Å². The fourth-order valence-electron chi connectivity index (χ4n) is 1.47. The number of nitrogens with zero attached hydrogens (tertiary/aromatic N) is 1. The minimum Gasteiger partial charge on any atom is -0.444 e. The van der Waals surface area contributed by atoms with Crippen molar-refractivity contribution in [3.63, 3.8) is 0 Å². The Morgan fingerprint density at radius 1 is 1.53 bits per heavy atom. The van der Waals surface area contributed by atoms with Gasteiger partial charge in [-0.25, -0.2) is 4.79 Å². The van der Waals surface area contributed by atoms with Crippen molar-refractivity contribution in [1.82, 2.24) is 5.32 Å². The van der Waals surface area contributed by atoms with E-state index < -0.39 is 5.60 Å². The lowest BCUT2D eigenvalue weighted by Gasteiger charge is -2.33. The summed E-state index contributed by atoms with van der Waals surface area (Å²) in [5.41, 5.74) is -0.459. The van der Waals surface area contributed by atoms with Crippen molar-refractivity contribution in [3.8, 4) is 0 Å². The highest BCUT2D eigenvalue weighted by atomic mass is 16.6. The van der Waals surface area contributed by atoms with Crippen molar-refractivity contribution in [1.29, 1.82) is 0 Å². The molecule has 1 saturated carbocycles. The summed E-state index contributed by atoms with van der Waals surface area (Å²) in [6.45, 7) is 5.48. The molecule has 5 nitrogen and oxygen atoms in total. The minimum absolute atomic E-state index is 0.142. The van der Waals surface area contributed by atoms with Crippen molar-refractivity contribution in [2.75, 3.05) is 0 Å². The maximum atomic E-state index is 11.3. The molecule has 1 aliphatic rings. The zero-order chi connectivity index (χ0) is 11.5. The number of oxime groups is 1. The van der Waals surface area contributed by atoms with Gasteiger partial charge in [0.15, 0.2) is 0 Å². The van der Waals surface area contributed by atoms with Gasteiger partial charge < -0.3 is 15.3 Å². The van der Waals surface area contributed by atoms with E-state index in [0.29, 0.717) is 0 Å². The molecule has 0 aromatic carbocycles. The molecule has 0 bridgehead atoms. The van der Waals surface area contributed by atoms with E-state index in [4.69, 9.17) is 9.94 Å². The first kappa shape index (κ1) is 11.8. The summed E-state index contributed by atoms with van der Waals surface area (Å²) in [5.74, 6) is 0.273. The first-order valence-corrected chi connectivity index (χ1v) is 5.08. The third-order valence-electron chi connectivity index (χ3n) is 2.17. The molecule has 0 radical (unpaired) electrons. The predicted octanol–water partition coefficient (Wildman–Crippen LogP) is 1.75. The summed E-state index contributed by atoms with van der Waals surface area (Å²) in [6, 6.07) is 0.142. The van der Waals surface area contributed by atoms with Gasteiger partial charge in [0.1, 0.15) is 5.60 Å². The van der Waals surface area contributed by atoms with Gasteiger partial charge in [-0.1, -0.05) is 0 Å². The van der Waals surface area contributed by atoms with Crippen LogP contribution in [0.15, 0.2) is 5.16 Å². The fourth-order valence-corrected chi connectivity index (χ4v) is 1.47. The molecule has 0 saturated heterocycles. The molecule has 86 valence electrons. The maximum absolute atomic E-state index is 11.3. The van der Waals surface area contributed by atoms with Crippen molar-refractivity contribution in [2.45, 2.75) is 45.3 Å². The zero-order valence-corrected chi connectivity index (χ0v) is 9.36. The van der Waals surface area contributed by atoms with E-state index in [2.05, 4.69) is 10.5 Å². The molecule has 0 heterocycles. The molecule has 0 spiro atoms. The lowest BCUT2D eigenvalue weighted by atomic mass is 9.81. The van der Waals surface area contributed by atoms with Gasteiger partial charge in [-0.05, 0) is 33.6 Å². The number of rotatable bonds is 2. The van der Waals surface area contributed by atoms with E-state index in [9.17, 15) is 4.79 Å². The highest BCUT2D eigenvalue weighted by Gasteiger charge is 2.30. The monoisotopic (exact) mass is 214 g/mol. The van der Waals surface area contributed by atoms with Crippen LogP contribution in [0, 0.1) is 5.92 Å². The fraction of sp³-hybridized carbons (Fsp3) is 0.800. The summed E-state index contributed by atoms with van der Waals surface area (Å²) in [5, 5.41) is 14.0. The second-order valence-electron chi connectivity index (χ2n) is 4.84. The van der Waals surface area contributed by atoms with E-state index in [-0.39, 0.29) is 18.1 Å².